The topological polar surface area (TPSA) is 105 Å². The number of ether oxygens (including phenoxy) is 3. The van der Waals surface area contributed by atoms with Gasteiger partial charge in [0.25, 0.3) is 0 Å². The molecule has 0 aromatic carbocycles. The van der Waals surface area contributed by atoms with E-state index in [2.05, 4.69) is 66.7 Å². The standard InChI is InChI=1S/C55H96O7/c1-8-9-10-11-12-13-14-15-16-17-18-19-20-21-22-23-24-25-26-49(56)60-38-48-50(57)51(58)52(59)53(62-48)61-43-33-35-54(6)42(37-43)29-30-44-46-32-31-45(55(46,7)36-34-47(44)54)41(5)28-27-40(4)39(2)3/h27-29,39-41,43-48,50-53,57-59H,8-26,30-38H2,1-7H3/b28-27+. The fourth-order valence-electron chi connectivity index (χ4n) is 13.1. The number of fused-ring (bicyclic) bond motifs is 5. The zero-order valence-electron chi connectivity index (χ0n) is 41.0. The molecule has 3 N–H and O–H groups in total. The summed E-state index contributed by atoms with van der Waals surface area (Å²) < 4.78 is 18.1. The summed E-state index contributed by atoms with van der Waals surface area (Å²) in [6.45, 7) is 16.7. The van der Waals surface area contributed by atoms with E-state index in [0.717, 1.165) is 62.7 Å². The number of esters is 1. The van der Waals surface area contributed by atoms with Gasteiger partial charge in [0.1, 0.15) is 31.0 Å². The Hall–Kier alpha value is -1.25. The van der Waals surface area contributed by atoms with Crippen molar-refractivity contribution in [1.29, 1.82) is 0 Å². The van der Waals surface area contributed by atoms with Crippen molar-refractivity contribution in [3.05, 3.63) is 23.8 Å². The lowest BCUT2D eigenvalue weighted by molar-refractivity contribution is -0.313. The van der Waals surface area contributed by atoms with E-state index in [1.54, 1.807) is 0 Å². The maximum atomic E-state index is 12.7. The van der Waals surface area contributed by atoms with Gasteiger partial charge in [-0.3, -0.25) is 4.79 Å². The van der Waals surface area contributed by atoms with E-state index in [1.807, 2.05) is 0 Å². The normalized spacial score (nSPS) is 35.6. The van der Waals surface area contributed by atoms with Crippen LogP contribution in [-0.2, 0) is 19.0 Å². The van der Waals surface area contributed by atoms with Crippen LogP contribution in [0.5, 0.6) is 0 Å². The molecule has 7 nitrogen and oxygen atoms in total. The molecule has 1 heterocycles. The Morgan fingerprint density at radius 1 is 0.742 bits per heavy atom. The Kier molecular flexibility index (Phi) is 21.4. The van der Waals surface area contributed by atoms with Crippen molar-refractivity contribution in [2.75, 3.05) is 6.61 Å². The van der Waals surface area contributed by atoms with Crippen LogP contribution < -0.4 is 0 Å². The third-order valence-electron chi connectivity index (χ3n) is 17.7. The van der Waals surface area contributed by atoms with Gasteiger partial charge >= 0.3 is 5.97 Å². The van der Waals surface area contributed by atoms with Gasteiger partial charge in [0, 0.05) is 6.42 Å². The van der Waals surface area contributed by atoms with Crippen LogP contribution in [-0.4, -0.2) is 64.7 Å². The molecule has 0 aromatic rings. The van der Waals surface area contributed by atoms with E-state index in [4.69, 9.17) is 14.2 Å². The minimum Gasteiger partial charge on any atom is -0.463 e. The smallest absolute Gasteiger partial charge is 0.305 e. The van der Waals surface area contributed by atoms with E-state index in [-0.39, 0.29) is 24.1 Å². The molecular weight excluding hydrogens is 773 g/mol. The van der Waals surface area contributed by atoms with E-state index in [0.29, 0.717) is 35.5 Å². The Morgan fingerprint density at radius 2 is 1.34 bits per heavy atom. The van der Waals surface area contributed by atoms with Gasteiger partial charge in [-0.1, -0.05) is 181 Å². The Bertz CT molecular complexity index is 1360. The molecule has 62 heavy (non-hydrogen) atoms. The number of aliphatic hydroxyl groups excluding tert-OH is 3. The minimum absolute atomic E-state index is 0.147. The quantitative estimate of drug-likeness (QED) is 0.0429. The number of hydrogen-bond acceptors (Lipinski definition) is 7. The maximum Gasteiger partial charge on any atom is 0.305 e. The molecule has 14 atom stereocenters. The summed E-state index contributed by atoms with van der Waals surface area (Å²) in [5, 5.41) is 32.6. The van der Waals surface area contributed by atoms with Crippen molar-refractivity contribution >= 4 is 5.97 Å². The largest absolute Gasteiger partial charge is 0.463 e. The lowest BCUT2D eigenvalue weighted by Crippen LogP contribution is -2.60. The fourth-order valence-corrected chi connectivity index (χ4v) is 13.1. The minimum atomic E-state index is -1.44. The van der Waals surface area contributed by atoms with Gasteiger partial charge in [-0.2, -0.15) is 0 Å². The van der Waals surface area contributed by atoms with Gasteiger partial charge in [-0.15, -0.1) is 0 Å². The van der Waals surface area contributed by atoms with Crippen LogP contribution in [0.1, 0.15) is 222 Å². The van der Waals surface area contributed by atoms with Crippen molar-refractivity contribution in [3.63, 3.8) is 0 Å². The summed E-state index contributed by atoms with van der Waals surface area (Å²) in [5.41, 5.74) is 2.05. The molecule has 0 amide bonds. The lowest BCUT2D eigenvalue weighted by atomic mass is 9.47. The maximum absolute atomic E-state index is 12.7. The molecule has 0 radical (unpaired) electrons. The zero-order valence-corrected chi connectivity index (χ0v) is 41.0. The lowest BCUT2D eigenvalue weighted by Gasteiger charge is -2.58. The monoisotopic (exact) mass is 869 g/mol. The molecule has 5 aliphatic rings. The van der Waals surface area contributed by atoms with Crippen molar-refractivity contribution < 1.29 is 34.3 Å². The fraction of sp³-hybridized carbons (Fsp3) is 0.909. The first-order valence-electron chi connectivity index (χ1n) is 26.7. The van der Waals surface area contributed by atoms with Crippen molar-refractivity contribution in [3.8, 4) is 0 Å². The summed E-state index contributed by atoms with van der Waals surface area (Å²) in [7, 11) is 0. The van der Waals surface area contributed by atoms with Crippen LogP contribution in [0.4, 0.5) is 0 Å². The Morgan fingerprint density at radius 3 is 1.94 bits per heavy atom. The average molecular weight is 869 g/mol. The first-order chi connectivity index (χ1) is 29.8. The molecule has 7 heteroatoms. The van der Waals surface area contributed by atoms with E-state index in [1.165, 1.54) is 128 Å². The SMILES string of the molecule is CCCCCCCCCCCCCCCCCCCCC(=O)OCC1OC(OC2CCC3(C)C(=CCC4C3CCC3(C)C(C(C)/C=C/C(C)C(C)C)CCC43)C2)C(O)C(O)C1O. The van der Waals surface area contributed by atoms with Crippen LogP contribution in [0.3, 0.4) is 0 Å². The van der Waals surface area contributed by atoms with Gasteiger partial charge in [0.2, 0.25) is 0 Å². The summed E-state index contributed by atoms with van der Waals surface area (Å²) in [4.78, 5) is 12.7. The first kappa shape index (κ1) is 51.7. The summed E-state index contributed by atoms with van der Waals surface area (Å²) >= 11 is 0. The summed E-state index contributed by atoms with van der Waals surface area (Å²) in [5.74, 6) is 4.56. The molecule has 3 saturated carbocycles. The molecule has 358 valence electrons. The molecule has 14 unspecified atom stereocenters. The van der Waals surface area contributed by atoms with Gasteiger partial charge in [-0.25, -0.2) is 0 Å². The van der Waals surface area contributed by atoms with E-state index >= 15 is 0 Å². The van der Waals surface area contributed by atoms with Gasteiger partial charge < -0.3 is 29.5 Å². The number of hydrogen-bond donors (Lipinski definition) is 3. The molecule has 0 aromatic heterocycles. The number of unbranched alkanes of at least 4 members (excludes halogenated alkanes) is 17. The van der Waals surface area contributed by atoms with Crippen molar-refractivity contribution in [1.82, 2.24) is 0 Å². The number of carbonyl (C=O) groups is 1. The van der Waals surface area contributed by atoms with E-state index in [9.17, 15) is 20.1 Å². The third kappa shape index (κ3) is 13.9. The highest BCUT2D eigenvalue weighted by atomic mass is 16.7. The van der Waals surface area contributed by atoms with Crippen LogP contribution in [0.25, 0.3) is 0 Å². The molecule has 5 rings (SSSR count). The average Bonchev–Trinajstić information content (AvgIpc) is 3.62. The summed E-state index contributed by atoms with van der Waals surface area (Å²) in [6.07, 6.45) is 34.1. The Labute approximate surface area is 380 Å². The summed E-state index contributed by atoms with van der Waals surface area (Å²) in [6, 6.07) is 0. The van der Waals surface area contributed by atoms with Crippen molar-refractivity contribution in [2.24, 2.45) is 52.3 Å². The zero-order chi connectivity index (χ0) is 44.7. The van der Waals surface area contributed by atoms with Gasteiger partial charge in [0.15, 0.2) is 6.29 Å². The van der Waals surface area contributed by atoms with Crippen molar-refractivity contribution in [2.45, 2.75) is 259 Å². The number of carbonyl (C=O) groups excluding carboxylic acids is 1. The highest BCUT2D eigenvalue weighted by molar-refractivity contribution is 5.69. The predicted octanol–water partition coefficient (Wildman–Crippen LogP) is 13.2. The van der Waals surface area contributed by atoms with Gasteiger partial charge in [0.05, 0.1) is 6.10 Å². The molecule has 4 fully saturated rings. The second-order valence-electron chi connectivity index (χ2n) is 22.3. The number of rotatable bonds is 27. The van der Waals surface area contributed by atoms with Crippen LogP contribution in [0.2, 0.25) is 0 Å². The second-order valence-corrected chi connectivity index (χ2v) is 22.3. The molecular formula is C55H96O7. The van der Waals surface area contributed by atoms with Gasteiger partial charge in [-0.05, 0) is 110 Å². The molecule has 0 spiro atoms. The molecule has 1 aliphatic heterocycles. The molecule has 1 saturated heterocycles. The second kappa shape index (κ2) is 25.6. The molecule has 4 aliphatic carbocycles. The van der Waals surface area contributed by atoms with Crippen LogP contribution in [0, 0.1) is 52.3 Å². The molecule has 0 bridgehead atoms. The Balaban J connectivity index is 0.973. The highest BCUT2D eigenvalue weighted by Crippen LogP contribution is 2.67. The number of allylic oxidation sites excluding steroid dienone is 3. The van der Waals surface area contributed by atoms with Crippen LogP contribution in [0.15, 0.2) is 23.8 Å². The first-order valence-corrected chi connectivity index (χ1v) is 26.7. The predicted molar refractivity (Wildman–Crippen MR) is 253 cm³/mol. The highest BCUT2D eigenvalue weighted by Gasteiger charge is 2.59. The van der Waals surface area contributed by atoms with E-state index < -0.39 is 30.7 Å². The number of aliphatic hydroxyl groups is 3. The van der Waals surface area contributed by atoms with Crippen LogP contribution >= 0.6 is 0 Å². The third-order valence-corrected chi connectivity index (χ3v) is 17.7.